The molecule has 0 saturated heterocycles. The van der Waals surface area contributed by atoms with Gasteiger partial charge in [-0.3, -0.25) is 0 Å². The van der Waals surface area contributed by atoms with Gasteiger partial charge < -0.3 is 4.57 Å². The molecule has 3 rings (SSSR count). The molecule has 0 aliphatic rings. The van der Waals surface area contributed by atoms with E-state index in [0.29, 0.717) is 22.9 Å². The van der Waals surface area contributed by atoms with Crippen molar-refractivity contribution in [1.29, 1.82) is 0 Å². The monoisotopic (exact) mass is 381 g/mol. The van der Waals surface area contributed by atoms with Crippen LogP contribution in [0, 0.1) is 5.82 Å². The Morgan fingerprint density at radius 2 is 1.92 bits per heavy atom. The lowest BCUT2D eigenvalue weighted by Crippen LogP contribution is -2.28. The van der Waals surface area contributed by atoms with Gasteiger partial charge in [0.2, 0.25) is 10.0 Å². The number of aryl methyl sites for hydroxylation is 1. The molecule has 132 valence electrons. The van der Waals surface area contributed by atoms with Crippen molar-refractivity contribution in [2.75, 3.05) is 0 Å². The van der Waals surface area contributed by atoms with E-state index in [9.17, 15) is 12.8 Å². The predicted octanol–water partition coefficient (Wildman–Crippen LogP) is 3.89. The maximum Gasteiger partial charge on any atom is 0.241 e. The first kappa shape index (κ1) is 17.8. The highest BCUT2D eigenvalue weighted by Gasteiger charge is 2.23. The normalized spacial score (nSPS) is 13.3. The summed E-state index contributed by atoms with van der Waals surface area (Å²) in [5.74, 6) is 0.0267. The van der Waals surface area contributed by atoms with Crippen molar-refractivity contribution in [3.63, 3.8) is 0 Å². The van der Waals surface area contributed by atoms with Gasteiger partial charge in [0.15, 0.2) is 5.82 Å². The molecule has 8 heteroatoms. The summed E-state index contributed by atoms with van der Waals surface area (Å²) in [6.45, 7) is 4.12. The van der Waals surface area contributed by atoms with Gasteiger partial charge in [0.1, 0.15) is 11.3 Å². The van der Waals surface area contributed by atoms with E-state index in [2.05, 4.69) is 9.71 Å². The van der Waals surface area contributed by atoms with Gasteiger partial charge in [0.25, 0.3) is 0 Å². The van der Waals surface area contributed by atoms with Gasteiger partial charge in [-0.2, -0.15) is 0 Å². The standard InChI is InChI=1S/C17H17ClFN3O2S/c1-3-22-15-6-4-5-14(19)16(15)20-17(22)11(2)21-25(23,24)13-9-7-12(18)8-10-13/h4-11,21H,3H2,1-2H3/t11-/m1/s1. The summed E-state index contributed by atoms with van der Waals surface area (Å²) in [6.07, 6.45) is 0. The number of hydrogen-bond donors (Lipinski definition) is 1. The van der Waals surface area contributed by atoms with Crippen LogP contribution in [0.5, 0.6) is 0 Å². The Kier molecular flexibility index (Phi) is 4.81. The third-order valence-corrected chi connectivity index (χ3v) is 5.73. The van der Waals surface area contributed by atoms with Crippen LogP contribution in [0.4, 0.5) is 4.39 Å². The first-order chi connectivity index (χ1) is 11.8. The average Bonchev–Trinajstić information content (AvgIpc) is 2.95. The second-order valence-electron chi connectivity index (χ2n) is 5.62. The fourth-order valence-electron chi connectivity index (χ4n) is 2.76. The highest BCUT2D eigenvalue weighted by atomic mass is 35.5. The lowest BCUT2D eigenvalue weighted by atomic mass is 10.3. The van der Waals surface area contributed by atoms with Crippen molar-refractivity contribution in [3.8, 4) is 0 Å². The molecule has 0 amide bonds. The largest absolute Gasteiger partial charge is 0.327 e. The van der Waals surface area contributed by atoms with Gasteiger partial charge >= 0.3 is 0 Å². The number of nitrogens with zero attached hydrogens (tertiary/aromatic N) is 2. The van der Waals surface area contributed by atoms with E-state index in [0.717, 1.165) is 0 Å². The number of aromatic nitrogens is 2. The topological polar surface area (TPSA) is 64.0 Å². The molecule has 5 nitrogen and oxygen atoms in total. The molecule has 0 aliphatic carbocycles. The second-order valence-corrected chi connectivity index (χ2v) is 7.77. The van der Waals surface area contributed by atoms with Crippen LogP contribution in [0.1, 0.15) is 25.7 Å². The number of rotatable bonds is 5. The Labute approximate surface area is 150 Å². The third-order valence-electron chi connectivity index (χ3n) is 3.92. The van der Waals surface area contributed by atoms with E-state index >= 15 is 0 Å². The van der Waals surface area contributed by atoms with Crippen LogP contribution in [0.2, 0.25) is 5.02 Å². The van der Waals surface area contributed by atoms with Crippen LogP contribution >= 0.6 is 11.6 Å². The molecule has 0 bridgehead atoms. The molecule has 1 N–H and O–H groups in total. The van der Waals surface area contributed by atoms with Crippen LogP contribution in [0.25, 0.3) is 11.0 Å². The van der Waals surface area contributed by atoms with Gasteiger partial charge in [-0.05, 0) is 50.2 Å². The van der Waals surface area contributed by atoms with Crippen molar-refractivity contribution >= 4 is 32.7 Å². The number of hydrogen-bond acceptors (Lipinski definition) is 3. The van der Waals surface area contributed by atoms with Crippen LogP contribution in [0.3, 0.4) is 0 Å². The number of fused-ring (bicyclic) bond motifs is 1. The summed E-state index contributed by atoms with van der Waals surface area (Å²) in [6, 6.07) is 9.96. The zero-order chi connectivity index (χ0) is 18.2. The Morgan fingerprint density at radius 1 is 1.24 bits per heavy atom. The number of nitrogens with one attached hydrogen (secondary N) is 1. The quantitative estimate of drug-likeness (QED) is 0.729. The molecule has 3 aromatic rings. The molecule has 0 radical (unpaired) electrons. The van der Waals surface area contributed by atoms with Gasteiger partial charge in [0, 0.05) is 11.6 Å². The fraction of sp³-hybridized carbons (Fsp3) is 0.235. The molecule has 0 aliphatic heterocycles. The van der Waals surface area contributed by atoms with Crippen molar-refractivity contribution < 1.29 is 12.8 Å². The Hall–Kier alpha value is -1.96. The smallest absolute Gasteiger partial charge is 0.241 e. The highest BCUT2D eigenvalue weighted by Crippen LogP contribution is 2.24. The van der Waals surface area contributed by atoms with Crippen LogP contribution < -0.4 is 4.72 Å². The SMILES string of the molecule is CCn1c([C@@H](C)NS(=O)(=O)c2ccc(Cl)cc2)nc2c(F)cccc21. The molecule has 0 fully saturated rings. The first-order valence-corrected chi connectivity index (χ1v) is 9.62. The Balaban J connectivity index is 1.98. The zero-order valence-electron chi connectivity index (χ0n) is 13.7. The van der Waals surface area contributed by atoms with Crippen molar-refractivity contribution in [1.82, 2.24) is 14.3 Å². The zero-order valence-corrected chi connectivity index (χ0v) is 15.3. The number of imidazole rings is 1. The van der Waals surface area contributed by atoms with Crippen molar-refractivity contribution in [2.45, 2.75) is 31.3 Å². The Bertz CT molecular complexity index is 1020. The van der Waals surface area contributed by atoms with Crippen LogP contribution in [-0.4, -0.2) is 18.0 Å². The van der Waals surface area contributed by atoms with E-state index in [-0.39, 0.29) is 10.4 Å². The maximum absolute atomic E-state index is 14.0. The van der Waals surface area contributed by atoms with Gasteiger partial charge in [0.05, 0.1) is 16.5 Å². The van der Waals surface area contributed by atoms with E-state index in [1.165, 1.54) is 30.3 Å². The summed E-state index contributed by atoms with van der Waals surface area (Å²) in [7, 11) is -3.75. The summed E-state index contributed by atoms with van der Waals surface area (Å²) in [4.78, 5) is 4.42. The van der Waals surface area contributed by atoms with Crippen LogP contribution in [0.15, 0.2) is 47.4 Å². The molecule has 2 aromatic carbocycles. The molecule has 0 unspecified atom stereocenters. The summed E-state index contributed by atoms with van der Waals surface area (Å²) in [5.41, 5.74) is 0.868. The minimum Gasteiger partial charge on any atom is -0.327 e. The van der Waals surface area contributed by atoms with E-state index in [1.54, 1.807) is 23.6 Å². The molecular formula is C17H17ClFN3O2S. The van der Waals surface area contributed by atoms with E-state index < -0.39 is 21.9 Å². The molecule has 1 atom stereocenters. The fourth-order valence-corrected chi connectivity index (χ4v) is 4.09. The molecular weight excluding hydrogens is 365 g/mol. The summed E-state index contributed by atoms with van der Waals surface area (Å²) < 4.78 is 43.5. The first-order valence-electron chi connectivity index (χ1n) is 7.76. The number of halogens is 2. The number of sulfonamides is 1. The van der Waals surface area contributed by atoms with Crippen molar-refractivity contribution in [3.05, 3.63) is 59.1 Å². The average molecular weight is 382 g/mol. The molecule has 25 heavy (non-hydrogen) atoms. The molecule has 0 spiro atoms. The Morgan fingerprint density at radius 3 is 2.56 bits per heavy atom. The van der Waals surface area contributed by atoms with Crippen LogP contribution in [-0.2, 0) is 16.6 Å². The van der Waals surface area contributed by atoms with Gasteiger partial charge in [-0.25, -0.2) is 22.5 Å². The predicted molar refractivity (Wildman–Crippen MR) is 95.6 cm³/mol. The van der Waals surface area contributed by atoms with Gasteiger partial charge in [-0.1, -0.05) is 17.7 Å². The molecule has 0 saturated carbocycles. The summed E-state index contributed by atoms with van der Waals surface area (Å²) in [5, 5.41) is 0.454. The maximum atomic E-state index is 14.0. The van der Waals surface area contributed by atoms with Gasteiger partial charge in [-0.15, -0.1) is 0 Å². The summed E-state index contributed by atoms with van der Waals surface area (Å²) >= 11 is 5.80. The number of benzene rings is 2. The highest BCUT2D eigenvalue weighted by molar-refractivity contribution is 7.89. The second kappa shape index (κ2) is 6.74. The third kappa shape index (κ3) is 3.40. The van der Waals surface area contributed by atoms with E-state index in [4.69, 9.17) is 11.6 Å². The minimum atomic E-state index is -3.75. The van der Waals surface area contributed by atoms with E-state index in [1.807, 2.05) is 6.92 Å². The van der Waals surface area contributed by atoms with Crippen molar-refractivity contribution in [2.24, 2.45) is 0 Å². The lowest BCUT2D eigenvalue weighted by molar-refractivity contribution is 0.549. The number of para-hydroxylation sites is 1. The minimum absolute atomic E-state index is 0.106. The molecule has 1 heterocycles. The molecule has 1 aromatic heterocycles. The lowest BCUT2D eigenvalue weighted by Gasteiger charge is -2.15.